The lowest BCUT2D eigenvalue weighted by Crippen LogP contribution is -2.18. The molecule has 1 N–H and O–H groups in total. The van der Waals surface area contributed by atoms with Crippen LogP contribution in [0.1, 0.15) is 10.4 Å². The molecule has 0 fully saturated rings. The molecule has 2 aromatic heterocycles. The molecule has 1 amide bonds. The van der Waals surface area contributed by atoms with Crippen LogP contribution in [0.15, 0.2) is 54.0 Å². The molecule has 9 heteroatoms. The summed E-state index contributed by atoms with van der Waals surface area (Å²) in [4.78, 5) is 29.3. The van der Waals surface area contributed by atoms with E-state index in [1.165, 1.54) is 18.4 Å². The van der Waals surface area contributed by atoms with Crippen LogP contribution in [-0.4, -0.2) is 42.8 Å². The van der Waals surface area contributed by atoms with Gasteiger partial charge in [-0.05, 0) is 24.3 Å². The third-order valence-corrected chi connectivity index (χ3v) is 5.70. The minimum atomic E-state index is -0.447. The number of hydrogen-bond acceptors (Lipinski definition) is 7. The fourth-order valence-corrected chi connectivity index (χ4v) is 4.16. The summed E-state index contributed by atoms with van der Waals surface area (Å²) in [6.07, 6.45) is 1.63. The molecule has 0 radical (unpaired) electrons. The number of fused-ring (bicyclic) bond motifs is 1. The van der Waals surface area contributed by atoms with Crippen LogP contribution in [0.25, 0.3) is 22.2 Å². The van der Waals surface area contributed by atoms with E-state index in [0.29, 0.717) is 27.9 Å². The molecule has 164 valence electrons. The molecule has 32 heavy (non-hydrogen) atoms. The van der Waals surface area contributed by atoms with Gasteiger partial charge in [0.1, 0.15) is 18.0 Å². The third kappa shape index (κ3) is 4.15. The van der Waals surface area contributed by atoms with Crippen LogP contribution in [0, 0.1) is 0 Å². The Kier molecular flexibility index (Phi) is 6.09. The Morgan fingerprint density at radius 1 is 1.09 bits per heavy atom. The molecule has 0 aliphatic rings. The highest BCUT2D eigenvalue weighted by molar-refractivity contribution is 7.14. The van der Waals surface area contributed by atoms with Crippen LogP contribution >= 0.6 is 11.3 Å². The molecular formula is C23H21N3O5S. The molecule has 4 rings (SSSR count). The van der Waals surface area contributed by atoms with E-state index in [2.05, 4.69) is 10.3 Å². The second kappa shape index (κ2) is 9.11. The van der Waals surface area contributed by atoms with E-state index >= 15 is 0 Å². The number of aromatic nitrogens is 2. The van der Waals surface area contributed by atoms with Gasteiger partial charge in [-0.1, -0.05) is 18.2 Å². The summed E-state index contributed by atoms with van der Waals surface area (Å²) >= 11 is 1.31. The summed E-state index contributed by atoms with van der Waals surface area (Å²) in [7, 11) is 4.51. The van der Waals surface area contributed by atoms with Gasteiger partial charge in [0.15, 0.2) is 5.13 Å². The fraction of sp³-hybridized carbons (Fsp3) is 0.174. The second-order valence-electron chi connectivity index (χ2n) is 6.83. The summed E-state index contributed by atoms with van der Waals surface area (Å²) < 4.78 is 17.3. The number of ether oxygens (including phenoxy) is 3. The number of carbonyl (C=O) groups excluding carboxylic acids is 2. The van der Waals surface area contributed by atoms with Crippen LogP contribution in [0.3, 0.4) is 0 Å². The van der Waals surface area contributed by atoms with Crippen molar-refractivity contribution >= 4 is 39.2 Å². The Bertz CT molecular complexity index is 1290. The lowest BCUT2D eigenvalue weighted by Gasteiger charge is -2.08. The SMILES string of the molecule is COC(=O)c1cn(CC(=O)Nc2nc(-c3cc(OC)ccc3OC)cs2)c2ccccc12. The molecule has 2 aromatic carbocycles. The first kappa shape index (κ1) is 21.4. The van der Waals surface area contributed by atoms with Gasteiger partial charge in [-0.15, -0.1) is 11.3 Å². The molecule has 0 aliphatic carbocycles. The van der Waals surface area contributed by atoms with Crippen molar-refractivity contribution in [2.75, 3.05) is 26.6 Å². The van der Waals surface area contributed by atoms with Crippen molar-refractivity contribution < 1.29 is 23.8 Å². The largest absolute Gasteiger partial charge is 0.497 e. The molecule has 8 nitrogen and oxygen atoms in total. The molecular weight excluding hydrogens is 430 g/mol. The highest BCUT2D eigenvalue weighted by Crippen LogP contribution is 2.35. The Labute approximate surface area is 188 Å². The highest BCUT2D eigenvalue weighted by Gasteiger charge is 2.18. The lowest BCUT2D eigenvalue weighted by atomic mass is 10.1. The van der Waals surface area contributed by atoms with Gasteiger partial charge in [-0.3, -0.25) is 4.79 Å². The van der Waals surface area contributed by atoms with Crippen LogP contribution in [0.5, 0.6) is 11.5 Å². The summed E-state index contributed by atoms with van der Waals surface area (Å²) in [6, 6.07) is 12.8. The molecule has 2 heterocycles. The molecule has 0 bridgehead atoms. The van der Waals surface area contributed by atoms with Gasteiger partial charge in [0, 0.05) is 28.0 Å². The quantitative estimate of drug-likeness (QED) is 0.423. The van der Waals surface area contributed by atoms with Gasteiger partial charge in [0.05, 0.1) is 32.6 Å². The Hall–Kier alpha value is -3.85. The zero-order valence-corrected chi connectivity index (χ0v) is 18.6. The van der Waals surface area contributed by atoms with Crippen molar-refractivity contribution in [1.82, 2.24) is 9.55 Å². The number of nitrogens with zero attached hydrogens (tertiary/aromatic N) is 2. The van der Waals surface area contributed by atoms with E-state index in [1.807, 2.05) is 41.8 Å². The van der Waals surface area contributed by atoms with Crippen LogP contribution in [0.2, 0.25) is 0 Å². The number of para-hydroxylation sites is 1. The van der Waals surface area contributed by atoms with E-state index in [0.717, 1.165) is 16.5 Å². The Morgan fingerprint density at radius 3 is 2.66 bits per heavy atom. The van der Waals surface area contributed by atoms with Crippen LogP contribution in [0.4, 0.5) is 5.13 Å². The zero-order valence-electron chi connectivity index (χ0n) is 17.7. The fourth-order valence-electron chi connectivity index (χ4n) is 3.43. The van der Waals surface area contributed by atoms with Crippen molar-refractivity contribution in [3.05, 3.63) is 59.6 Å². The van der Waals surface area contributed by atoms with E-state index in [4.69, 9.17) is 14.2 Å². The van der Waals surface area contributed by atoms with Gasteiger partial charge < -0.3 is 24.1 Å². The van der Waals surface area contributed by atoms with Crippen molar-refractivity contribution in [3.8, 4) is 22.8 Å². The predicted octanol–water partition coefficient (Wildman–Crippen LogP) is 4.21. The number of amides is 1. The van der Waals surface area contributed by atoms with Gasteiger partial charge in [-0.2, -0.15) is 0 Å². The number of anilines is 1. The smallest absolute Gasteiger partial charge is 0.340 e. The highest BCUT2D eigenvalue weighted by atomic mass is 32.1. The minimum absolute atomic E-state index is 0.0227. The maximum Gasteiger partial charge on any atom is 0.340 e. The number of thiazole rings is 1. The first-order valence-corrected chi connectivity index (χ1v) is 10.6. The number of esters is 1. The third-order valence-electron chi connectivity index (χ3n) is 4.94. The normalized spacial score (nSPS) is 10.7. The van der Waals surface area contributed by atoms with Gasteiger partial charge in [-0.25, -0.2) is 9.78 Å². The topological polar surface area (TPSA) is 91.7 Å². The maximum absolute atomic E-state index is 12.7. The molecule has 0 aliphatic heterocycles. The maximum atomic E-state index is 12.7. The first-order chi connectivity index (χ1) is 15.5. The monoisotopic (exact) mass is 451 g/mol. The van der Waals surface area contributed by atoms with E-state index < -0.39 is 5.97 Å². The number of rotatable bonds is 7. The number of benzene rings is 2. The lowest BCUT2D eigenvalue weighted by molar-refractivity contribution is -0.116. The average Bonchev–Trinajstić information content (AvgIpc) is 3.43. The molecule has 0 saturated heterocycles. The molecule has 0 atom stereocenters. The summed E-state index contributed by atoms with van der Waals surface area (Å²) in [5, 5.41) is 5.85. The van der Waals surface area contributed by atoms with Crippen molar-refractivity contribution in [2.24, 2.45) is 0 Å². The number of hydrogen-bond donors (Lipinski definition) is 1. The van der Waals surface area contributed by atoms with Crippen molar-refractivity contribution in [1.29, 1.82) is 0 Å². The molecule has 0 spiro atoms. The average molecular weight is 452 g/mol. The van der Waals surface area contributed by atoms with E-state index in [9.17, 15) is 9.59 Å². The standard InChI is InChI=1S/C23H21N3O5S/c1-29-14-8-9-20(30-2)16(10-14)18-13-32-23(24-18)25-21(27)12-26-11-17(22(28)31-3)15-6-4-5-7-19(15)26/h4-11,13H,12H2,1-3H3,(H,24,25,27). The van der Waals surface area contributed by atoms with E-state index in [-0.39, 0.29) is 12.5 Å². The van der Waals surface area contributed by atoms with Gasteiger partial charge >= 0.3 is 5.97 Å². The first-order valence-electron chi connectivity index (χ1n) is 9.68. The minimum Gasteiger partial charge on any atom is -0.497 e. The van der Waals surface area contributed by atoms with Crippen LogP contribution < -0.4 is 14.8 Å². The summed E-state index contributed by atoms with van der Waals surface area (Å²) in [6.45, 7) is 0.0227. The van der Waals surface area contributed by atoms with Crippen molar-refractivity contribution in [2.45, 2.75) is 6.54 Å². The summed E-state index contributed by atoms with van der Waals surface area (Å²) in [5.74, 6) is 0.626. The van der Waals surface area contributed by atoms with Gasteiger partial charge in [0.25, 0.3) is 0 Å². The molecule has 0 unspecified atom stereocenters. The number of carbonyl (C=O) groups is 2. The van der Waals surface area contributed by atoms with Crippen LogP contribution in [-0.2, 0) is 16.1 Å². The summed E-state index contributed by atoms with van der Waals surface area (Å²) in [5.41, 5.74) is 2.62. The number of nitrogens with one attached hydrogen (secondary N) is 1. The van der Waals surface area contributed by atoms with E-state index in [1.54, 1.807) is 31.0 Å². The Balaban J connectivity index is 1.55. The van der Waals surface area contributed by atoms with Gasteiger partial charge in [0.2, 0.25) is 5.91 Å². The second-order valence-corrected chi connectivity index (χ2v) is 7.69. The number of methoxy groups -OCH3 is 3. The molecule has 0 saturated carbocycles. The molecule has 4 aromatic rings. The Morgan fingerprint density at radius 2 is 1.91 bits per heavy atom. The zero-order chi connectivity index (χ0) is 22.7. The van der Waals surface area contributed by atoms with Crippen molar-refractivity contribution in [3.63, 3.8) is 0 Å². The predicted molar refractivity (Wildman–Crippen MR) is 123 cm³/mol.